The van der Waals surface area contributed by atoms with Crippen LogP contribution in [0.1, 0.15) is 31.9 Å². The first kappa shape index (κ1) is 25.0. The number of rotatable bonds is 9. The van der Waals surface area contributed by atoms with E-state index in [2.05, 4.69) is 5.32 Å². The molecular formula is C28H31FN2O3. The van der Waals surface area contributed by atoms with Gasteiger partial charge in [0.15, 0.2) is 18.2 Å². The van der Waals surface area contributed by atoms with Crippen molar-refractivity contribution in [3.63, 3.8) is 0 Å². The van der Waals surface area contributed by atoms with Crippen molar-refractivity contribution in [2.75, 3.05) is 6.61 Å². The van der Waals surface area contributed by atoms with Gasteiger partial charge in [-0.3, -0.25) is 9.59 Å². The number of amides is 2. The van der Waals surface area contributed by atoms with Crippen molar-refractivity contribution in [3.05, 3.63) is 102 Å². The van der Waals surface area contributed by atoms with Crippen molar-refractivity contribution in [2.45, 2.75) is 45.3 Å². The number of halogens is 1. The first-order valence-corrected chi connectivity index (χ1v) is 11.3. The smallest absolute Gasteiger partial charge is 0.261 e. The predicted molar refractivity (Wildman–Crippen MR) is 131 cm³/mol. The Morgan fingerprint density at radius 1 is 0.882 bits per heavy atom. The molecular weight excluding hydrogens is 431 g/mol. The average molecular weight is 463 g/mol. The fraction of sp³-hybridized carbons (Fsp3) is 0.286. The normalized spacial score (nSPS) is 12.0. The molecule has 0 radical (unpaired) electrons. The Kier molecular flexibility index (Phi) is 8.41. The Bertz CT molecular complexity index is 1080. The summed E-state index contributed by atoms with van der Waals surface area (Å²) in [6.45, 7) is 5.52. The van der Waals surface area contributed by atoms with E-state index >= 15 is 0 Å². The third-order valence-electron chi connectivity index (χ3n) is 5.15. The second-order valence-electron chi connectivity index (χ2n) is 9.17. The number of benzene rings is 3. The number of nitrogens with zero attached hydrogens (tertiary/aromatic N) is 1. The summed E-state index contributed by atoms with van der Waals surface area (Å²) in [4.78, 5) is 28.4. The number of ether oxygens (including phenoxy) is 1. The van der Waals surface area contributed by atoms with Crippen LogP contribution in [-0.4, -0.2) is 34.9 Å². The van der Waals surface area contributed by atoms with Gasteiger partial charge in [-0.25, -0.2) is 4.39 Å². The molecule has 3 rings (SSSR count). The highest BCUT2D eigenvalue weighted by molar-refractivity contribution is 5.89. The maximum absolute atomic E-state index is 14.0. The first-order chi connectivity index (χ1) is 16.2. The predicted octanol–water partition coefficient (Wildman–Crippen LogP) is 4.76. The van der Waals surface area contributed by atoms with Crippen molar-refractivity contribution >= 4 is 11.8 Å². The number of carbonyl (C=O) groups excluding carboxylic acids is 2. The summed E-state index contributed by atoms with van der Waals surface area (Å²) in [5.74, 6) is -1.21. The highest BCUT2D eigenvalue weighted by atomic mass is 19.1. The Balaban J connectivity index is 1.91. The molecule has 0 bridgehead atoms. The zero-order valence-electron chi connectivity index (χ0n) is 19.8. The van der Waals surface area contributed by atoms with E-state index in [0.717, 1.165) is 11.1 Å². The van der Waals surface area contributed by atoms with E-state index in [4.69, 9.17) is 4.74 Å². The Morgan fingerprint density at radius 2 is 1.44 bits per heavy atom. The summed E-state index contributed by atoms with van der Waals surface area (Å²) < 4.78 is 19.5. The number of carbonyl (C=O) groups is 2. The lowest BCUT2D eigenvalue weighted by Crippen LogP contribution is -2.55. The maximum Gasteiger partial charge on any atom is 0.261 e. The fourth-order valence-corrected chi connectivity index (χ4v) is 3.57. The molecule has 0 saturated carbocycles. The highest BCUT2D eigenvalue weighted by Gasteiger charge is 2.32. The van der Waals surface area contributed by atoms with Crippen LogP contribution in [0.2, 0.25) is 0 Å². The second kappa shape index (κ2) is 11.5. The van der Waals surface area contributed by atoms with Gasteiger partial charge in [-0.2, -0.15) is 0 Å². The standard InChI is InChI=1S/C28H31FN2O3/c1-28(2,3)30-27(33)24(18-21-12-6-4-7-13-21)31(19-22-14-8-5-9-15-22)26(32)20-34-25-17-11-10-16-23(25)29/h4-17,24H,18-20H2,1-3H3,(H,30,33)/t24-/m1/s1. The fourth-order valence-electron chi connectivity index (χ4n) is 3.57. The molecule has 0 unspecified atom stereocenters. The van der Waals surface area contributed by atoms with Crippen LogP contribution in [0.25, 0.3) is 0 Å². The van der Waals surface area contributed by atoms with E-state index < -0.39 is 23.3 Å². The number of hydrogen-bond donors (Lipinski definition) is 1. The van der Waals surface area contributed by atoms with Gasteiger partial charge in [0.25, 0.3) is 5.91 Å². The molecule has 0 spiro atoms. The van der Waals surface area contributed by atoms with E-state index in [9.17, 15) is 14.0 Å². The van der Waals surface area contributed by atoms with Gasteiger partial charge >= 0.3 is 0 Å². The molecule has 34 heavy (non-hydrogen) atoms. The second-order valence-corrected chi connectivity index (χ2v) is 9.17. The molecule has 0 heterocycles. The Labute approximate surface area is 200 Å². The number of hydrogen-bond acceptors (Lipinski definition) is 3. The molecule has 3 aromatic rings. The Hall–Kier alpha value is -3.67. The third kappa shape index (κ3) is 7.44. The van der Waals surface area contributed by atoms with E-state index in [-0.39, 0.29) is 24.8 Å². The summed E-state index contributed by atoms with van der Waals surface area (Å²) >= 11 is 0. The van der Waals surface area contributed by atoms with Gasteiger partial charge in [0, 0.05) is 18.5 Å². The third-order valence-corrected chi connectivity index (χ3v) is 5.15. The van der Waals surface area contributed by atoms with Crippen LogP contribution in [-0.2, 0) is 22.6 Å². The Morgan fingerprint density at radius 3 is 2.03 bits per heavy atom. The molecule has 0 aliphatic carbocycles. The highest BCUT2D eigenvalue weighted by Crippen LogP contribution is 2.18. The summed E-state index contributed by atoms with van der Waals surface area (Å²) in [5, 5.41) is 3.01. The van der Waals surface area contributed by atoms with Crippen LogP contribution in [0, 0.1) is 5.82 Å². The van der Waals surface area contributed by atoms with Crippen molar-refractivity contribution in [1.29, 1.82) is 0 Å². The minimum Gasteiger partial charge on any atom is -0.481 e. The van der Waals surface area contributed by atoms with Gasteiger partial charge in [0.2, 0.25) is 5.91 Å². The van der Waals surface area contributed by atoms with Crippen LogP contribution in [0.4, 0.5) is 4.39 Å². The molecule has 0 fully saturated rings. The van der Waals surface area contributed by atoms with E-state index in [1.807, 2.05) is 81.4 Å². The topological polar surface area (TPSA) is 58.6 Å². The van der Waals surface area contributed by atoms with Crippen LogP contribution >= 0.6 is 0 Å². The van der Waals surface area contributed by atoms with Crippen LogP contribution in [0.3, 0.4) is 0 Å². The van der Waals surface area contributed by atoms with Gasteiger partial charge in [-0.1, -0.05) is 72.8 Å². The van der Waals surface area contributed by atoms with Crippen molar-refractivity contribution in [3.8, 4) is 5.75 Å². The summed E-state index contributed by atoms with van der Waals surface area (Å²) in [6, 6.07) is 24.2. The summed E-state index contributed by atoms with van der Waals surface area (Å²) in [5.41, 5.74) is 1.33. The minimum absolute atomic E-state index is 0.00531. The first-order valence-electron chi connectivity index (χ1n) is 11.3. The van der Waals surface area contributed by atoms with Gasteiger partial charge in [-0.05, 0) is 44.0 Å². The molecule has 0 aromatic heterocycles. The molecule has 0 saturated heterocycles. The minimum atomic E-state index is -0.779. The summed E-state index contributed by atoms with van der Waals surface area (Å²) in [7, 11) is 0. The monoisotopic (exact) mass is 462 g/mol. The molecule has 3 aromatic carbocycles. The average Bonchev–Trinajstić information content (AvgIpc) is 2.81. The lowest BCUT2D eigenvalue weighted by molar-refractivity contribution is -0.143. The molecule has 1 atom stereocenters. The van der Waals surface area contributed by atoms with E-state index in [1.54, 1.807) is 12.1 Å². The quantitative estimate of drug-likeness (QED) is 0.499. The maximum atomic E-state index is 14.0. The van der Waals surface area contributed by atoms with Crippen LogP contribution < -0.4 is 10.1 Å². The summed E-state index contributed by atoms with van der Waals surface area (Å²) in [6.07, 6.45) is 0.334. The molecule has 1 N–H and O–H groups in total. The zero-order chi connectivity index (χ0) is 24.6. The SMILES string of the molecule is CC(C)(C)NC(=O)[C@@H](Cc1ccccc1)N(Cc1ccccc1)C(=O)COc1ccccc1F. The van der Waals surface area contributed by atoms with Gasteiger partial charge < -0.3 is 15.0 Å². The molecule has 2 amide bonds. The van der Waals surface area contributed by atoms with E-state index in [0.29, 0.717) is 6.42 Å². The lowest BCUT2D eigenvalue weighted by atomic mass is 10.0. The molecule has 0 aliphatic rings. The van der Waals surface area contributed by atoms with Crippen molar-refractivity contribution in [1.82, 2.24) is 10.2 Å². The zero-order valence-corrected chi connectivity index (χ0v) is 19.8. The van der Waals surface area contributed by atoms with E-state index in [1.165, 1.54) is 17.0 Å². The molecule has 5 nitrogen and oxygen atoms in total. The molecule has 178 valence electrons. The van der Waals surface area contributed by atoms with Crippen LogP contribution in [0.5, 0.6) is 5.75 Å². The van der Waals surface area contributed by atoms with Gasteiger partial charge in [0.1, 0.15) is 6.04 Å². The van der Waals surface area contributed by atoms with Gasteiger partial charge in [-0.15, -0.1) is 0 Å². The molecule has 0 aliphatic heterocycles. The molecule has 6 heteroatoms. The van der Waals surface area contributed by atoms with Crippen molar-refractivity contribution in [2.24, 2.45) is 0 Å². The van der Waals surface area contributed by atoms with Crippen molar-refractivity contribution < 1.29 is 18.7 Å². The number of nitrogens with one attached hydrogen (secondary N) is 1. The van der Waals surface area contributed by atoms with Gasteiger partial charge in [0.05, 0.1) is 0 Å². The number of para-hydroxylation sites is 1. The lowest BCUT2D eigenvalue weighted by Gasteiger charge is -2.33. The largest absolute Gasteiger partial charge is 0.481 e. The van der Waals surface area contributed by atoms with Crippen LogP contribution in [0.15, 0.2) is 84.9 Å².